The molecule has 25 heavy (non-hydrogen) atoms. The van der Waals surface area contributed by atoms with Gasteiger partial charge in [0, 0.05) is 18.3 Å². The van der Waals surface area contributed by atoms with E-state index in [4.69, 9.17) is 10.5 Å². The van der Waals surface area contributed by atoms with Crippen LogP contribution in [0, 0.1) is 5.82 Å². The maximum absolute atomic E-state index is 14.5. The molecule has 1 amide bonds. The molecule has 0 atom stereocenters. The van der Waals surface area contributed by atoms with Gasteiger partial charge in [-0.15, -0.1) is 0 Å². The summed E-state index contributed by atoms with van der Waals surface area (Å²) >= 11 is 0. The van der Waals surface area contributed by atoms with Gasteiger partial charge in [-0.3, -0.25) is 4.79 Å². The maximum Gasteiger partial charge on any atom is 0.255 e. The molecule has 0 saturated carbocycles. The van der Waals surface area contributed by atoms with Crippen LogP contribution in [0.5, 0.6) is 5.75 Å². The van der Waals surface area contributed by atoms with Crippen LogP contribution < -0.4 is 15.8 Å². The molecule has 5 nitrogen and oxygen atoms in total. The van der Waals surface area contributed by atoms with E-state index in [0.29, 0.717) is 12.2 Å². The molecule has 0 aliphatic rings. The van der Waals surface area contributed by atoms with Crippen LogP contribution in [0.15, 0.2) is 48.7 Å². The van der Waals surface area contributed by atoms with Crippen molar-refractivity contribution in [2.45, 2.75) is 26.3 Å². The van der Waals surface area contributed by atoms with Crippen molar-refractivity contribution in [1.29, 1.82) is 0 Å². The van der Waals surface area contributed by atoms with Crippen molar-refractivity contribution in [2.75, 3.05) is 12.3 Å². The molecule has 1 aromatic heterocycles. The van der Waals surface area contributed by atoms with Gasteiger partial charge in [-0.05, 0) is 38.0 Å². The minimum atomic E-state index is -0.465. The van der Waals surface area contributed by atoms with Crippen LogP contribution in [0.2, 0.25) is 0 Å². The van der Waals surface area contributed by atoms with Crippen LogP contribution in [0.25, 0.3) is 0 Å². The summed E-state index contributed by atoms with van der Waals surface area (Å²) in [5.74, 6) is -0.539. The number of carbonyl (C=O) groups is 1. The molecule has 0 unspecified atom stereocenters. The molecular weight excluding hydrogens is 321 g/mol. The number of benzene rings is 1. The van der Waals surface area contributed by atoms with Gasteiger partial charge in [0.15, 0.2) is 11.6 Å². The number of pyridine rings is 1. The van der Waals surface area contributed by atoms with E-state index in [0.717, 1.165) is 12.8 Å². The number of allylic oxidation sites excluding steroid dienone is 2. The second-order valence-corrected chi connectivity index (χ2v) is 5.41. The fourth-order valence-corrected chi connectivity index (χ4v) is 2.23. The normalized spacial score (nSPS) is 10.8. The highest BCUT2D eigenvalue weighted by Gasteiger charge is 2.13. The average molecular weight is 343 g/mol. The summed E-state index contributed by atoms with van der Waals surface area (Å²) in [5.41, 5.74) is 6.28. The van der Waals surface area contributed by atoms with Gasteiger partial charge < -0.3 is 15.8 Å². The number of nitrogens with zero attached hydrogens (tertiary/aromatic N) is 1. The number of nitrogen functional groups attached to an aromatic ring is 1. The Morgan fingerprint density at radius 1 is 1.36 bits per heavy atom. The van der Waals surface area contributed by atoms with Gasteiger partial charge in [0.1, 0.15) is 5.82 Å². The number of unbranched alkanes of at least 4 members (excludes halogenated alkanes) is 1. The topological polar surface area (TPSA) is 77.2 Å². The van der Waals surface area contributed by atoms with E-state index in [-0.39, 0.29) is 23.7 Å². The third kappa shape index (κ3) is 5.31. The second-order valence-electron chi connectivity index (χ2n) is 5.41. The van der Waals surface area contributed by atoms with Crippen molar-refractivity contribution < 1.29 is 13.9 Å². The van der Waals surface area contributed by atoms with E-state index in [1.807, 2.05) is 19.1 Å². The van der Waals surface area contributed by atoms with Crippen LogP contribution in [-0.2, 0) is 6.54 Å². The Balaban J connectivity index is 1.95. The Hall–Kier alpha value is -2.89. The molecule has 0 saturated heterocycles. The van der Waals surface area contributed by atoms with Crippen molar-refractivity contribution in [3.05, 3.63) is 65.6 Å². The summed E-state index contributed by atoms with van der Waals surface area (Å²) in [5, 5.41) is 2.64. The second kappa shape index (κ2) is 9.42. The van der Waals surface area contributed by atoms with Gasteiger partial charge in [-0.1, -0.05) is 24.3 Å². The zero-order valence-electron chi connectivity index (χ0n) is 14.2. The number of nitrogens with two attached hydrogens (primary N) is 1. The van der Waals surface area contributed by atoms with Crippen molar-refractivity contribution in [3.63, 3.8) is 0 Å². The van der Waals surface area contributed by atoms with Crippen molar-refractivity contribution in [3.8, 4) is 5.75 Å². The van der Waals surface area contributed by atoms with Crippen LogP contribution in [-0.4, -0.2) is 17.5 Å². The number of hydrogen-bond donors (Lipinski definition) is 2. The first kappa shape index (κ1) is 18.4. The Bertz CT molecular complexity index is 747. The molecule has 132 valence electrons. The summed E-state index contributed by atoms with van der Waals surface area (Å²) in [6.07, 6.45) is 7.21. The van der Waals surface area contributed by atoms with Crippen LogP contribution in [0.3, 0.4) is 0 Å². The number of nitrogens with one attached hydrogen (secondary N) is 1. The number of carbonyl (C=O) groups excluding carboxylic acids is 1. The highest BCUT2D eigenvalue weighted by Crippen LogP contribution is 2.21. The molecule has 3 N–H and O–H groups in total. The van der Waals surface area contributed by atoms with Crippen molar-refractivity contribution in [2.24, 2.45) is 0 Å². The molecular formula is C19H22FN3O2. The third-order valence-corrected chi connectivity index (χ3v) is 3.57. The minimum absolute atomic E-state index is 0.0365. The Morgan fingerprint density at radius 2 is 2.20 bits per heavy atom. The molecule has 0 spiro atoms. The first-order valence-electron chi connectivity index (χ1n) is 8.13. The number of amides is 1. The Kier molecular flexibility index (Phi) is 6.95. The largest absolute Gasteiger partial charge is 0.490 e. The molecule has 1 heterocycles. The first-order chi connectivity index (χ1) is 12.1. The molecule has 1 aromatic carbocycles. The van der Waals surface area contributed by atoms with E-state index in [1.165, 1.54) is 6.20 Å². The van der Waals surface area contributed by atoms with Gasteiger partial charge in [0.2, 0.25) is 0 Å². The smallest absolute Gasteiger partial charge is 0.255 e. The quantitative estimate of drug-likeness (QED) is 0.568. The maximum atomic E-state index is 14.5. The zero-order chi connectivity index (χ0) is 18.1. The van der Waals surface area contributed by atoms with Crippen LogP contribution in [0.4, 0.5) is 10.2 Å². The van der Waals surface area contributed by atoms with Gasteiger partial charge in [-0.2, -0.15) is 0 Å². The highest BCUT2D eigenvalue weighted by molar-refractivity contribution is 5.98. The molecule has 0 bridgehead atoms. The van der Waals surface area contributed by atoms with E-state index in [1.54, 1.807) is 30.3 Å². The fraction of sp³-hybridized carbons (Fsp3) is 0.263. The monoisotopic (exact) mass is 343 g/mol. The number of ether oxygens (including phenoxy) is 1. The lowest BCUT2D eigenvalue weighted by Crippen LogP contribution is -2.24. The lowest BCUT2D eigenvalue weighted by molar-refractivity contribution is 0.0951. The third-order valence-electron chi connectivity index (χ3n) is 3.57. The average Bonchev–Trinajstić information content (AvgIpc) is 2.62. The number of rotatable bonds is 8. The van der Waals surface area contributed by atoms with E-state index >= 15 is 0 Å². The van der Waals surface area contributed by atoms with Gasteiger partial charge in [0.25, 0.3) is 5.91 Å². The summed E-state index contributed by atoms with van der Waals surface area (Å²) in [7, 11) is 0. The van der Waals surface area contributed by atoms with Gasteiger partial charge >= 0.3 is 0 Å². The zero-order valence-corrected chi connectivity index (χ0v) is 14.2. The minimum Gasteiger partial charge on any atom is -0.490 e. The summed E-state index contributed by atoms with van der Waals surface area (Å²) in [6, 6.07) is 8.07. The molecule has 6 heteroatoms. The Morgan fingerprint density at radius 3 is 2.96 bits per heavy atom. The number of hydrogen-bond acceptors (Lipinski definition) is 4. The number of aromatic nitrogens is 1. The molecule has 0 radical (unpaired) electrons. The van der Waals surface area contributed by atoms with E-state index in [2.05, 4.69) is 10.3 Å². The molecule has 2 aromatic rings. The van der Waals surface area contributed by atoms with Crippen molar-refractivity contribution >= 4 is 11.7 Å². The fourth-order valence-electron chi connectivity index (χ4n) is 2.23. The molecule has 2 rings (SSSR count). The lowest BCUT2D eigenvalue weighted by Gasteiger charge is -2.11. The highest BCUT2D eigenvalue weighted by atomic mass is 19.1. The predicted octanol–water partition coefficient (Wildman–Crippen LogP) is 3.47. The standard InChI is InChI=1S/C19H22FN3O2/c1-2-3-4-5-12-25-16-10-6-8-14(17(16)20)13-23-19(24)15-9-7-11-22-18(15)21/h2-3,6-11H,4-5,12-13H2,1H3,(H2,21,22)(H,23,24)/b3-2+. The summed E-state index contributed by atoms with van der Waals surface area (Å²) in [4.78, 5) is 16.0. The Labute approximate surface area is 146 Å². The number of halogens is 1. The van der Waals surface area contributed by atoms with E-state index in [9.17, 15) is 9.18 Å². The van der Waals surface area contributed by atoms with Crippen LogP contribution in [0.1, 0.15) is 35.7 Å². The van der Waals surface area contributed by atoms with E-state index < -0.39 is 11.7 Å². The summed E-state index contributed by atoms with van der Waals surface area (Å²) < 4.78 is 19.9. The molecule has 0 aliphatic carbocycles. The van der Waals surface area contributed by atoms with Crippen molar-refractivity contribution in [1.82, 2.24) is 10.3 Å². The molecule has 0 aliphatic heterocycles. The lowest BCUT2D eigenvalue weighted by atomic mass is 10.2. The molecule has 0 fully saturated rings. The predicted molar refractivity (Wildman–Crippen MR) is 95.8 cm³/mol. The van der Waals surface area contributed by atoms with Gasteiger partial charge in [-0.25, -0.2) is 9.37 Å². The number of anilines is 1. The SMILES string of the molecule is C/C=C/CCCOc1cccc(CNC(=O)c2cccnc2N)c1F. The first-order valence-corrected chi connectivity index (χ1v) is 8.13. The van der Waals surface area contributed by atoms with Crippen LogP contribution >= 0.6 is 0 Å². The summed E-state index contributed by atoms with van der Waals surface area (Å²) in [6.45, 7) is 2.43. The van der Waals surface area contributed by atoms with Gasteiger partial charge in [0.05, 0.1) is 12.2 Å².